The first-order valence-electron chi connectivity index (χ1n) is 8.26. The number of aromatic nitrogens is 1. The Morgan fingerprint density at radius 2 is 1.81 bits per heavy atom. The van der Waals surface area contributed by atoms with Gasteiger partial charge in [-0.2, -0.15) is 0 Å². The Morgan fingerprint density at radius 1 is 1.05 bits per heavy atom. The molecule has 0 bridgehead atoms. The summed E-state index contributed by atoms with van der Waals surface area (Å²) in [6, 6.07) is 3.72. The summed E-state index contributed by atoms with van der Waals surface area (Å²) in [6.07, 6.45) is 8.70. The third-order valence-electron chi connectivity index (χ3n) is 3.36. The molecule has 0 saturated carbocycles. The molecule has 1 aromatic heterocycles. The maximum Gasteiger partial charge on any atom is 0.213 e. The predicted molar refractivity (Wildman–Crippen MR) is 90.1 cm³/mol. The van der Waals surface area contributed by atoms with Crippen molar-refractivity contribution >= 4 is 11.6 Å². The van der Waals surface area contributed by atoms with E-state index >= 15 is 0 Å². The van der Waals surface area contributed by atoms with E-state index in [9.17, 15) is 0 Å². The van der Waals surface area contributed by atoms with Crippen LogP contribution in [0.25, 0.3) is 0 Å². The van der Waals surface area contributed by atoms with Crippen LogP contribution in [0.1, 0.15) is 64.5 Å². The fourth-order valence-electron chi connectivity index (χ4n) is 2.11. The van der Waals surface area contributed by atoms with Crippen LogP contribution in [0.3, 0.4) is 0 Å². The Bertz CT molecular complexity index is 385. The van der Waals surface area contributed by atoms with E-state index < -0.39 is 0 Å². The number of nitrogens with one attached hydrogen (secondary N) is 1. The molecule has 4 heteroatoms. The van der Waals surface area contributed by atoms with E-state index in [4.69, 9.17) is 16.3 Å². The lowest BCUT2D eigenvalue weighted by molar-refractivity contribution is 0.292. The Morgan fingerprint density at radius 3 is 2.57 bits per heavy atom. The average Bonchev–Trinajstić information content (AvgIpc) is 2.49. The van der Waals surface area contributed by atoms with Crippen molar-refractivity contribution in [3.05, 3.63) is 22.8 Å². The van der Waals surface area contributed by atoms with Gasteiger partial charge >= 0.3 is 0 Å². The number of unbranched alkanes of at least 4 members (excludes halogenated alkanes) is 5. The second-order valence-corrected chi connectivity index (χ2v) is 5.78. The summed E-state index contributed by atoms with van der Waals surface area (Å²) in [6.45, 7) is 6.79. The Labute approximate surface area is 134 Å². The first-order chi connectivity index (χ1) is 10.3. The lowest BCUT2D eigenvalue weighted by Crippen LogP contribution is -2.15. The van der Waals surface area contributed by atoms with Crippen LogP contribution in [0.15, 0.2) is 12.1 Å². The number of rotatable bonds is 12. The summed E-state index contributed by atoms with van der Waals surface area (Å²) in [7, 11) is 0. The quantitative estimate of drug-likeness (QED) is 0.553. The van der Waals surface area contributed by atoms with Crippen LogP contribution in [0.4, 0.5) is 0 Å². The van der Waals surface area contributed by atoms with Gasteiger partial charge in [0.15, 0.2) is 0 Å². The minimum absolute atomic E-state index is 0.682. The molecule has 0 atom stereocenters. The maximum atomic E-state index is 6.15. The van der Waals surface area contributed by atoms with E-state index in [1.54, 1.807) is 0 Å². The second kappa shape index (κ2) is 11.8. The van der Waals surface area contributed by atoms with Crippen LogP contribution in [0.2, 0.25) is 5.02 Å². The van der Waals surface area contributed by atoms with Gasteiger partial charge in [-0.1, -0.05) is 57.6 Å². The van der Waals surface area contributed by atoms with Crippen molar-refractivity contribution in [2.45, 2.75) is 65.3 Å². The lowest BCUT2D eigenvalue weighted by Gasteiger charge is -2.09. The lowest BCUT2D eigenvalue weighted by atomic mass is 10.1. The summed E-state index contributed by atoms with van der Waals surface area (Å²) in [5.41, 5.74) is 0.866. The third kappa shape index (κ3) is 8.27. The molecule has 0 amide bonds. The average molecular weight is 313 g/mol. The smallest absolute Gasteiger partial charge is 0.213 e. The highest BCUT2D eigenvalue weighted by Crippen LogP contribution is 2.18. The Hall–Kier alpha value is -0.800. The van der Waals surface area contributed by atoms with Crippen molar-refractivity contribution in [1.82, 2.24) is 10.3 Å². The van der Waals surface area contributed by atoms with Crippen molar-refractivity contribution in [2.24, 2.45) is 0 Å². The summed E-state index contributed by atoms with van der Waals surface area (Å²) in [5, 5.41) is 4.01. The topological polar surface area (TPSA) is 34.1 Å². The van der Waals surface area contributed by atoms with Crippen molar-refractivity contribution in [3.63, 3.8) is 0 Å². The molecule has 0 fully saturated rings. The van der Waals surface area contributed by atoms with E-state index in [-0.39, 0.29) is 0 Å². The largest absolute Gasteiger partial charge is 0.478 e. The normalized spacial score (nSPS) is 10.8. The summed E-state index contributed by atoms with van der Waals surface area (Å²) in [4.78, 5) is 4.47. The van der Waals surface area contributed by atoms with E-state index in [0.717, 1.165) is 31.7 Å². The number of ether oxygens (including phenoxy) is 1. The van der Waals surface area contributed by atoms with Gasteiger partial charge in [0.05, 0.1) is 17.3 Å². The maximum absolute atomic E-state index is 6.15. The molecule has 0 aliphatic heterocycles. The zero-order valence-electron chi connectivity index (χ0n) is 13.5. The second-order valence-electron chi connectivity index (χ2n) is 5.37. The molecule has 1 aromatic rings. The van der Waals surface area contributed by atoms with Gasteiger partial charge in [0.2, 0.25) is 5.88 Å². The molecular formula is C17H29ClN2O. The predicted octanol–water partition coefficient (Wildman–Crippen LogP) is 4.97. The van der Waals surface area contributed by atoms with Gasteiger partial charge in [-0.25, -0.2) is 4.98 Å². The molecule has 3 nitrogen and oxygen atoms in total. The number of hydrogen-bond donors (Lipinski definition) is 1. The van der Waals surface area contributed by atoms with Gasteiger partial charge in [0.1, 0.15) is 0 Å². The number of pyridine rings is 1. The van der Waals surface area contributed by atoms with Crippen LogP contribution in [0, 0.1) is 0 Å². The van der Waals surface area contributed by atoms with Crippen LogP contribution in [-0.4, -0.2) is 18.1 Å². The summed E-state index contributed by atoms with van der Waals surface area (Å²) >= 11 is 6.15. The first-order valence-corrected chi connectivity index (χ1v) is 8.64. The summed E-state index contributed by atoms with van der Waals surface area (Å²) in [5.74, 6) is 0.682. The van der Waals surface area contributed by atoms with Gasteiger partial charge in [-0.3, -0.25) is 0 Å². The van der Waals surface area contributed by atoms with Crippen molar-refractivity contribution in [3.8, 4) is 5.88 Å². The zero-order chi connectivity index (χ0) is 15.3. The standard InChI is InChI=1S/C17H29ClN2O/c1-3-5-6-7-8-9-13-21-17-11-10-15(18)16(20-17)14-19-12-4-2/h10-11,19H,3-9,12-14H2,1-2H3. The number of halogens is 1. The fraction of sp³-hybridized carbons (Fsp3) is 0.706. The molecule has 21 heavy (non-hydrogen) atoms. The van der Waals surface area contributed by atoms with E-state index in [2.05, 4.69) is 24.1 Å². The zero-order valence-corrected chi connectivity index (χ0v) is 14.2. The molecule has 0 spiro atoms. The molecule has 0 aromatic carbocycles. The SMILES string of the molecule is CCCCCCCCOc1ccc(Cl)c(CNCCC)n1. The van der Waals surface area contributed by atoms with Gasteiger partial charge < -0.3 is 10.1 Å². The highest BCUT2D eigenvalue weighted by Gasteiger charge is 2.04. The molecule has 0 unspecified atom stereocenters. The third-order valence-corrected chi connectivity index (χ3v) is 3.70. The summed E-state index contributed by atoms with van der Waals surface area (Å²) < 4.78 is 5.72. The molecule has 0 saturated heterocycles. The van der Waals surface area contributed by atoms with Crippen molar-refractivity contribution in [1.29, 1.82) is 0 Å². The molecule has 120 valence electrons. The highest BCUT2D eigenvalue weighted by molar-refractivity contribution is 6.31. The molecular weight excluding hydrogens is 284 g/mol. The number of hydrogen-bond acceptors (Lipinski definition) is 3. The fourth-order valence-corrected chi connectivity index (χ4v) is 2.28. The Balaban J connectivity index is 2.26. The van der Waals surface area contributed by atoms with Crippen molar-refractivity contribution in [2.75, 3.05) is 13.2 Å². The van der Waals surface area contributed by atoms with Crippen LogP contribution in [-0.2, 0) is 6.54 Å². The molecule has 0 aliphatic carbocycles. The van der Waals surface area contributed by atoms with Crippen LogP contribution < -0.4 is 10.1 Å². The molecule has 1 rings (SSSR count). The van der Waals surface area contributed by atoms with Gasteiger partial charge in [-0.05, 0) is 25.5 Å². The van der Waals surface area contributed by atoms with Crippen molar-refractivity contribution < 1.29 is 4.74 Å². The minimum atomic E-state index is 0.682. The van der Waals surface area contributed by atoms with E-state index in [1.165, 1.54) is 32.1 Å². The number of nitrogens with zero attached hydrogens (tertiary/aromatic N) is 1. The van der Waals surface area contributed by atoms with E-state index in [1.807, 2.05) is 12.1 Å². The highest BCUT2D eigenvalue weighted by atomic mass is 35.5. The van der Waals surface area contributed by atoms with Gasteiger partial charge in [-0.15, -0.1) is 0 Å². The van der Waals surface area contributed by atoms with Crippen LogP contribution >= 0.6 is 11.6 Å². The van der Waals surface area contributed by atoms with Gasteiger partial charge in [0, 0.05) is 12.6 Å². The molecule has 1 N–H and O–H groups in total. The van der Waals surface area contributed by atoms with E-state index in [0.29, 0.717) is 17.4 Å². The minimum Gasteiger partial charge on any atom is -0.478 e. The van der Waals surface area contributed by atoms with Crippen LogP contribution in [0.5, 0.6) is 5.88 Å². The molecule has 0 aliphatic rings. The molecule has 1 heterocycles. The monoisotopic (exact) mass is 312 g/mol. The molecule has 0 radical (unpaired) electrons. The Kier molecular flexibility index (Phi) is 10.3. The first kappa shape index (κ1) is 18.2. The van der Waals surface area contributed by atoms with Gasteiger partial charge in [0.25, 0.3) is 0 Å².